The molecule has 2 heterocycles. The van der Waals surface area contributed by atoms with E-state index >= 15 is 0 Å². The van der Waals surface area contributed by atoms with Gasteiger partial charge in [-0.15, -0.1) is 0 Å². The van der Waals surface area contributed by atoms with E-state index in [0.29, 0.717) is 12.6 Å². The lowest BCUT2D eigenvalue weighted by Crippen LogP contribution is -2.55. The summed E-state index contributed by atoms with van der Waals surface area (Å²) in [6.45, 7) is 3.61. The van der Waals surface area contributed by atoms with Crippen LogP contribution in [-0.2, 0) is 0 Å². The lowest BCUT2D eigenvalue weighted by molar-refractivity contribution is 0.267. The molecule has 1 fully saturated rings. The molecule has 0 spiro atoms. The van der Waals surface area contributed by atoms with Gasteiger partial charge >= 0.3 is 0 Å². The van der Waals surface area contributed by atoms with E-state index in [1.807, 2.05) is 6.07 Å². The minimum absolute atomic E-state index is 0.325. The van der Waals surface area contributed by atoms with Crippen LogP contribution in [0.15, 0.2) is 18.5 Å². The standard InChI is InChI=1S/C10H17N5/c1-14-5-6-15(9(7-11)8-14)10-12-3-2-4-13-10/h2-4,9H,5-8,11H2,1H3. The molecule has 0 bridgehead atoms. The summed E-state index contributed by atoms with van der Waals surface area (Å²) < 4.78 is 0. The summed E-state index contributed by atoms with van der Waals surface area (Å²) in [5, 5.41) is 0. The summed E-state index contributed by atoms with van der Waals surface area (Å²) in [5.74, 6) is 0.793. The molecule has 5 nitrogen and oxygen atoms in total. The Morgan fingerprint density at radius 2 is 2.13 bits per heavy atom. The molecule has 82 valence electrons. The third-order valence-corrected chi connectivity index (χ3v) is 2.77. The van der Waals surface area contributed by atoms with Gasteiger partial charge in [0.05, 0.1) is 6.04 Å². The fourth-order valence-corrected chi connectivity index (χ4v) is 1.92. The zero-order chi connectivity index (χ0) is 10.7. The Balaban J connectivity index is 2.14. The molecular formula is C10H17N5. The Hall–Kier alpha value is -1.20. The Labute approximate surface area is 89.9 Å². The molecule has 0 radical (unpaired) electrons. The van der Waals surface area contributed by atoms with Gasteiger partial charge in [-0.2, -0.15) is 0 Å². The predicted octanol–water partition coefficient (Wildman–Crippen LogP) is -0.444. The number of aromatic nitrogens is 2. The quantitative estimate of drug-likeness (QED) is 0.712. The van der Waals surface area contributed by atoms with Crippen LogP contribution in [0.4, 0.5) is 5.95 Å². The van der Waals surface area contributed by atoms with Gasteiger partial charge in [0.1, 0.15) is 0 Å². The van der Waals surface area contributed by atoms with Gasteiger partial charge in [-0.3, -0.25) is 0 Å². The van der Waals surface area contributed by atoms with E-state index in [2.05, 4.69) is 26.8 Å². The van der Waals surface area contributed by atoms with Crippen LogP contribution in [0.1, 0.15) is 0 Å². The second-order valence-corrected chi connectivity index (χ2v) is 3.89. The van der Waals surface area contributed by atoms with Crippen LogP contribution in [0, 0.1) is 0 Å². The molecule has 1 aliphatic heterocycles. The lowest BCUT2D eigenvalue weighted by atomic mass is 10.2. The first-order chi connectivity index (χ1) is 7.31. The molecule has 1 aliphatic rings. The minimum atomic E-state index is 0.325. The molecule has 0 aromatic carbocycles. The number of likely N-dealkylation sites (N-methyl/N-ethyl adjacent to an activating group) is 1. The highest BCUT2D eigenvalue weighted by Gasteiger charge is 2.25. The maximum absolute atomic E-state index is 5.77. The second-order valence-electron chi connectivity index (χ2n) is 3.89. The van der Waals surface area contributed by atoms with E-state index in [0.717, 1.165) is 25.6 Å². The summed E-state index contributed by atoms with van der Waals surface area (Å²) in [4.78, 5) is 13.0. The SMILES string of the molecule is CN1CCN(c2ncccn2)C(CN)C1. The van der Waals surface area contributed by atoms with Gasteiger partial charge in [-0.1, -0.05) is 0 Å². The molecule has 1 aromatic heterocycles. The fraction of sp³-hybridized carbons (Fsp3) is 0.600. The van der Waals surface area contributed by atoms with Crippen molar-refractivity contribution in [3.05, 3.63) is 18.5 Å². The minimum Gasteiger partial charge on any atom is -0.334 e. The van der Waals surface area contributed by atoms with Crippen LogP contribution in [0.3, 0.4) is 0 Å². The first kappa shape index (κ1) is 10.3. The maximum atomic E-state index is 5.77. The summed E-state index contributed by atoms with van der Waals surface area (Å²) in [5.41, 5.74) is 5.77. The largest absolute Gasteiger partial charge is 0.334 e. The van der Waals surface area contributed by atoms with Crippen molar-refractivity contribution in [2.24, 2.45) is 5.73 Å². The summed E-state index contributed by atoms with van der Waals surface area (Å²) >= 11 is 0. The van der Waals surface area contributed by atoms with E-state index in [1.165, 1.54) is 0 Å². The van der Waals surface area contributed by atoms with Crippen molar-refractivity contribution in [2.75, 3.05) is 38.1 Å². The molecule has 2 rings (SSSR count). The average molecular weight is 207 g/mol. The number of hydrogen-bond donors (Lipinski definition) is 1. The zero-order valence-electron chi connectivity index (χ0n) is 9.00. The van der Waals surface area contributed by atoms with Crippen molar-refractivity contribution in [3.8, 4) is 0 Å². The monoisotopic (exact) mass is 207 g/mol. The molecule has 0 amide bonds. The Morgan fingerprint density at radius 3 is 2.80 bits per heavy atom. The van der Waals surface area contributed by atoms with Gasteiger partial charge in [0, 0.05) is 38.6 Å². The van der Waals surface area contributed by atoms with E-state index < -0.39 is 0 Å². The Kier molecular flexibility index (Phi) is 3.13. The molecule has 1 atom stereocenters. The van der Waals surface area contributed by atoms with Crippen LogP contribution < -0.4 is 10.6 Å². The first-order valence-corrected chi connectivity index (χ1v) is 5.23. The summed E-state index contributed by atoms with van der Waals surface area (Å²) in [6, 6.07) is 2.16. The summed E-state index contributed by atoms with van der Waals surface area (Å²) in [7, 11) is 2.12. The van der Waals surface area contributed by atoms with E-state index in [4.69, 9.17) is 5.73 Å². The Bertz CT molecular complexity index is 302. The smallest absolute Gasteiger partial charge is 0.225 e. The van der Waals surface area contributed by atoms with Gasteiger partial charge in [-0.05, 0) is 13.1 Å². The van der Waals surface area contributed by atoms with Gasteiger partial charge in [-0.25, -0.2) is 9.97 Å². The predicted molar refractivity (Wildman–Crippen MR) is 59.7 cm³/mol. The van der Waals surface area contributed by atoms with Crippen LogP contribution in [0.5, 0.6) is 0 Å². The highest BCUT2D eigenvalue weighted by Crippen LogP contribution is 2.13. The first-order valence-electron chi connectivity index (χ1n) is 5.23. The average Bonchev–Trinajstić information content (AvgIpc) is 2.30. The third kappa shape index (κ3) is 2.24. The molecule has 0 saturated carbocycles. The molecular weight excluding hydrogens is 190 g/mol. The fourth-order valence-electron chi connectivity index (χ4n) is 1.92. The van der Waals surface area contributed by atoms with E-state index in [1.54, 1.807) is 12.4 Å². The highest BCUT2D eigenvalue weighted by atomic mass is 15.3. The van der Waals surface area contributed by atoms with Crippen molar-refractivity contribution < 1.29 is 0 Å². The number of piperazine rings is 1. The van der Waals surface area contributed by atoms with Crippen molar-refractivity contribution in [1.29, 1.82) is 0 Å². The van der Waals surface area contributed by atoms with Gasteiger partial charge in [0.25, 0.3) is 0 Å². The number of nitrogens with two attached hydrogens (primary N) is 1. The molecule has 2 N–H and O–H groups in total. The van der Waals surface area contributed by atoms with Crippen LogP contribution in [0.2, 0.25) is 0 Å². The number of anilines is 1. The van der Waals surface area contributed by atoms with Crippen molar-refractivity contribution >= 4 is 5.95 Å². The number of nitrogens with zero attached hydrogens (tertiary/aromatic N) is 4. The van der Waals surface area contributed by atoms with Gasteiger partial charge in [0.2, 0.25) is 5.95 Å². The number of rotatable bonds is 2. The molecule has 5 heteroatoms. The van der Waals surface area contributed by atoms with Crippen LogP contribution in [-0.4, -0.2) is 54.1 Å². The zero-order valence-corrected chi connectivity index (χ0v) is 9.00. The lowest BCUT2D eigenvalue weighted by Gasteiger charge is -2.39. The maximum Gasteiger partial charge on any atom is 0.225 e. The molecule has 15 heavy (non-hydrogen) atoms. The van der Waals surface area contributed by atoms with Gasteiger partial charge in [0.15, 0.2) is 0 Å². The molecule has 1 unspecified atom stereocenters. The van der Waals surface area contributed by atoms with Crippen LogP contribution in [0.25, 0.3) is 0 Å². The van der Waals surface area contributed by atoms with Crippen molar-refractivity contribution in [3.63, 3.8) is 0 Å². The van der Waals surface area contributed by atoms with Crippen LogP contribution >= 0.6 is 0 Å². The van der Waals surface area contributed by atoms with Crippen molar-refractivity contribution in [2.45, 2.75) is 6.04 Å². The molecule has 0 aliphatic carbocycles. The summed E-state index contributed by atoms with van der Waals surface area (Å²) in [6.07, 6.45) is 3.54. The topological polar surface area (TPSA) is 58.3 Å². The Morgan fingerprint density at radius 1 is 1.40 bits per heavy atom. The number of hydrogen-bond acceptors (Lipinski definition) is 5. The van der Waals surface area contributed by atoms with Gasteiger partial charge < -0.3 is 15.5 Å². The molecule has 1 saturated heterocycles. The highest BCUT2D eigenvalue weighted by molar-refractivity contribution is 5.32. The molecule has 1 aromatic rings. The normalized spacial score (nSPS) is 23.1. The van der Waals surface area contributed by atoms with Crippen molar-refractivity contribution in [1.82, 2.24) is 14.9 Å². The third-order valence-electron chi connectivity index (χ3n) is 2.77. The van der Waals surface area contributed by atoms with E-state index in [9.17, 15) is 0 Å². The second kappa shape index (κ2) is 4.55. The van der Waals surface area contributed by atoms with E-state index in [-0.39, 0.29) is 0 Å².